The fourth-order valence-corrected chi connectivity index (χ4v) is 3.85. The van der Waals surface area contributed by atoms with E-state index in [1.807, 2.05) is 31.3 Å². The molecule has 0 bridgehead atoms. The normalized spacial score (nSPS) is 11.0. The molecule has 3 heteroatoms. The molecule has 27 heavy (non-hydrogen) atoms. The Morgan fingerprint density at radius 3 is 2.00 bits per heavy atom. The molecule has 0 unspecified atom stereocenters. The number of carbonyl (C=O) groups is 1. The van der Waals surface area contributed by atoms with Crippen LogP contribution in [0.25, 0.3) is 21.5 Å². The molecule has 4 aromatic carbocycles. The van der Waals surface area contributed by atoms with Crippen molar-refractivity contribution in [1.82, 2.24) is 0 Å². The highest BCUT2D eigenvalue weighted by Gasteiger charge is 2.14. The number of nitrogens with zero attached hydrogens (tertiary/aromatic N) is 1. The van der Waals surface area contributed by atoms with E-state index in [1.54, 1.807) is 4.90 Å². The number of hydrogen-bond donors (Lipinski definition) is 0. The Kier molecular flexibility index (Phi) is 4.95. The average Bonchev–Trinajstić information content (AvgIpc) is 2.71. The molecule has 0 aliphatic carbocycles. The molecule has 1 amide bonds. The van der Waals surface area contributed by atoms with E-state index in [0.717, 1.165) is 16.6 Å². The van der Waals surface area contributed by atoms with E-state index >= 15 is 0 Å². The quantitative estimate of drug-likeness (QED) is 0.354. The van der Waals surface area contributed by atoms with Crippen molar-refractivity contribution in [3.63, 3.8) is 0 Å². The number of fused-ring (bicyclic) bond motifs is 2. The van der Waals surface area contributed by atoms with Gasteiger partial charge < -0.3 is 4.90 Å². The van der Waals surface area contributed by atoms with Gasteiger partial charge in [-0.3, -0.25) is 4.79 Å². The lowest BCUT2D eigenvalue weighted by molar-refractivity contribution is -0.118. The number of benzene rings is 4. The Hall–Kier alpha value is -2.65. The topological polar surface area (TPSA) is 20.3 Å². The van der Waals surface area contributed by atoms with E-state index in [1.165, 1.54) is 27.1 Å². The van der Waals surface area contributed by atoms with Crippen molar-refractivity contribution < 1.29 is 4.79 Å². The first-order chi connectivity index (χ1) is 13.1. The van der Waals surface area contributed by atoms with Crippen LogP contribution in [-0.4, -0.2) is 13.0 Å². The highest BCUT2D eigenvalue weighted by atomic mass is 79.9. The van der Waals surface area contributed by atoms with Gasteiger partial charge in [-0.1, -0.05) is 64.5 Å². The first-order valence-corrected chi connectivity index (χ1v) is 9.84. The number of rotatable bonds is 4. The summed E-state index contributed by atoms with van der Waals surface area (Å²) in [7, 11) is 1.84. The standard InChI is InChI=1S/C24H20BrNO/c1-26(20-12-10-19(25)11-13-20)24(27)15-14-23-21-8-4-2-6-17(21)16-18-7-3-5-9-22(18)23/h2-13,16H,14-15H2,1H3. The summed E-state index contributed by atoms with van der Waals surface area (Å²) in [4.78, 5) is 14.5. The largest absolute Gasteiger partial charge is 0.315 e. The molecule has 134 valence electrons. The molecule has 0 radical (unpaired) electrons. The highest BCUT2D eigenvalue weighted by molar-refractivity contribution is 9.10. The minimum atomic E-state index is 0.120. The minimum absolute atomic E-state index is 0.120. The van der Waals surface area contributed by atoms with Crippen LogP contribution < -0.4 is 4.90 Å². The van der Waals surface area contributed by atoms with Crippen LogP contribution in [0, 0.1) is 0 Å². The van der Waals surface area contributed by atoms with Crippen LogP contribution in [0.5, 0.6) is 0 Å². The van der Waals surface area contributed by atoms with Crippen LogP contribution in [-0.2, 0) is 11.2 Å². The van der Waals surface area contributed by atoms with Gasteiger partial charge in [-0.2, -0.15) is 0 Å². The van der Waals surface area contributed by atoms with Crippen molar-refractivity contribution in [1.29, 1.82) is 0 Å². The SMILES string of the molecule is CN(C(=O)CCc1c2ccccc2cc2ccccc12)c1ccc(Br)cc1. The third-order valence-corrected chi connectivity index (χ3v) is 5.59. The van der Waals surface area contributed by atoms with Crippen molar-refractivity contribution in [2.75, 3.05) is 11.9 Å². The monoisotopic (exact) mass is 417 g/mol. The smallest absolute Gasteiger partial charge is 0.227 e. The third kappa shape index (κ3) is 3.60. The van der Waals surface area contributed by atoms with Crippen molar-refractivity contribution in [3.8, 4) is 0 Å². The maximum absolute atomic E-state index is 12.8. The van der Waals surface area contributed by atoms with Gasteiger partial charge >= 0.3 is 0 Å². The molecule has 0 saturated heterocycles. The molecule has 0 fully saturated rings. The predicted molar refractivity (Wildman–Crippen MR) is 117 cm³/mol. The summed E-state index contributed by atoms with van der Waals surface area (Å²) in [5.41, 5.74) is 2.16. The van der Waals surface area contributed by atoms with E-state index in [0.29, 0.717) is 6.42 Å². The molecule has 2 nitrogen and oxygen atoms in total. The molecule has 4 rings (SSSR count). The number of amides is 1. The number of aryl methyl sites for hydroxylation is 1. The van der Waals surface area contributed by atoms with Crippen molar-refractivity contribution in [2.45, 2.75) is 12.8 Å². The molecular formula is C24H20BrNO. The second-order valence-corrected chi connectivity index (χ2v) is 7.64. The minimum Gasteiger partial charge on any atom is -0.315 e. The van der Waals surface area contributed by atoms with Crippen LogP contribution in [0.1, 0.15) is 12.0 Å². The Labute approximate surface area is 167 Å². The van der Waals surface area contributed by atoms with Crippen LogP contribution in [0.4, 0.5) is 5.69 Å². The maximum atomic E-state index is 12.8. The maximum Gasteiger partial charge on any atom is 0.227 e. The lowest BCUT2D eigenvalue weighted by Gasteiger charge is -2.18. The van der Waals surface area contributed by atoms with Crippen LogP contribution in [0.2, 0.25) is 0 Å². The van der Waals surface area contributed by atoms with Crippen LogP contribution in [0.15, 0.2) is 83.3 Å². The fourth-order valence-electron chi connectivity index (χ4n) is 3.59. The molecule has 0 heterocycles. The molecule has 0 spiro atoms. The first-order valence-electron chi connectivity index (χ1n) is 9.05. The Balaban J connectivity index is 1.64. The van der Waals surface area contributed by atoms with Gasteiger partial charge in [0.05, 0.1) is 0 Å². The number of hydrogen-bond acceptors (Lipinski definition) is 1. The van der Waals surface area contributed by atoms with E-state index in [2.05, 4.69) is 70.5 Å². The molecule has 4 aromatic rings. The molecule has 0 aromatic heterocycles. The summed E-state index contributed by atoms with van der Waals surface area (Å²) in [5, 5.41) is 4.91. The van der Waals surface area contributed by atoms with E-state index in [-0.39, 0.29) is 5.91 Å². The zero-order chi connectivity index (χ0) is 18.8. The van der Waals surface area contributed by atoms with Gasteiger partial charge in [-0.15, -0.1) is 0 Å². The molecule has 0 aliphatic heterocycles. The number of carbonyl (C=O) groups excluding carboxylic acids is 1. The molecule has 0 N–H and O–H groups in total. The Bertz CT molecular complexity index is 1060. The van der Waals surface area contributed by atoms with Gasteiger partial charge in [-0.25, -0.2) is 0 Å². The average molecular weight is 418 g/mol. The fraction of sp³-hybridized carbons (Fsp3) is 0.125. The van der Waals surface area contributed by atoms with E-state index in [4.69, 9.17) is 0 Å². The van der Waals surface area contributed by atoms with Gasteiger partial charge in [0, 0.05) is 23.6 Å². The van der Waals surface area contributed by atoms with Gasteiger partial charge in [0.1, 0.15) is 0 Å². The number of anilines is 1. The lowest BCUT2D eigenvalue weighted by Crippen LogP contribution is -2.26. The summed E-state index contributed by atoms with van der Waals surface area (Å²) in [6.45, 7) is 0. The predicted octanol–water partition coefficient (Wildman–Crippen LogP) is 6.35. The van der Waals surface area contributed by atoms with Gasteiger partial charge in [0.15, 0.2) is 0 Å². The van der Waals surface area contributed by atoms with Crippen LogP contribution in [0.3, 0.4) is 0 Å². The van der Waals surface area contributed by atoms with Gasteiger partial charge in [0.25, 0.3) is 0 Å². The van der Waals surface area contributed by atoms with Crippen molar-refractivity contribution in [2.24, 2.45) is 0 Å². The Morgan fingerprint density at radius 2 is 1.41 bits per heavy atom. The van der Waals surface area contributed by atoms with Crippen molar-refractivity contribution in [3.05, 3.63) is 88.9 Å². The Morgan fingerprint density at radius 1 is 0.852 bits per heavy atom. The molecule has 0 atom stereocenters. The third-order valence-electron chi connectivity index (χ3n) is 5.06. The van der Waals surface area contributed by atoms with Crippen molar-refractivity contribution >= 4 is 49.1 Å². The zero-order valence-corrected chi connectivity index (χ0v) is 16.7. The molecule has 0 aliphatic rings. The second-order valence-electron chi connectivity index (χ2n) is 6.73. The molecule has 0 saturated carbocycles. The number of halogens is 1. The van der Waals surface area contributed by atoms with Gasteiger partial charge in [-0.05, 0) is 63.9 Å². The van der Waals surface area contributed by atoms with Gasteiger partial charge in [0.2, 0.25) is 5.91 Å². The summed E-state index contributed by atoms with van der Waals surface area (Å²) in [6.07, 6.45) is 1.20. The van der Waals surface area contributed by atoms with E-state index < -0.39 is 0 Å². The summed E-state index contributed by atoms with van der Waals surface area (Å²) < 4.78 is 1.01. The second kappa shape index (κ2) is 7.53. The summed E-state index contributed by atoms with van der Waals surface area (Å²) in [5.74, 6) is 0.120. The highest BCUT2D eigenvalue weighted by Crippen LogP contribution is 2.29. The lowest BCUT2D eigenvalue weighted by atomic mass is 9.94. The summed E-state index contributed by atoms with van der Waals surface area (Å²) >= 11 is 3.44. The first kappa shape index (κ1) is 17.7. The zero-order valence-electron chi connectivity index (χ0n) is 15.2. The van der Waals surface area contributed by atoms with E-state index in [9.17, 15) is 4.79 Å². The molecular weight excluding hydrogens is 398 g/mol. The summed E-state index contributed by atoms with van der Waals surface area (Å²) in [6, 6.07) is 26.9. The van der Waals surface area contributed by atoms with Crippen LogP contribution >= 0.6 is 15.9 Å².